The number of hydrogen-bond acceptors (Lipinski definition) is 6. The van der Waals surface area contributed by atoms with Crippen LogP contribution >= 0.6 is 11.3 Å². The smallest absolute Gasteiger partial charge is 0.417 e. The Bertz CT molecular complexity index is 979. The SMILES string of the molecule is O=C(NC1CCC(Oc2ccc(C(F)(F)F)cn2)CC1)c1cc(-c2cccs2)on1. The van der Waals surface area contributed by atoms with Crippen LogP contribution in [-0.4, -0.2) is 28.2 Å². The third-order valence-electron chi connectivity index (χ3n) is 4.87. The van der Waals surface area contributed by atoms with Crippen LogP contribution in [0.4, 0.5) is 13.2 Å². The second-order valence-electron chi connectivity index (χ2n) is 7.00. The molecule has 1 aliphatic rings. The van der Waals surface area contributed by atoms with E-state index in [2.05, 4.69) is 15.5 Å². The Labute approximate surface area is 174 Å². The van der Waals surface area contributed by atoms with Crippen molar-refractivity contribution in [2.45, 2.75) is 44.0 Å². The molecular weight excluding hydrogens is 419 g/mol. The summed E-state index contributed by atoms with van der Waals surface area (Å²) in [6.07, 6.45) is -1.11. The number of nitrogens with one attached hydrogen (secondary N) is 1. The predicted octanol–water partition coefficient (Wildman–Crippen LogP) is 4.94. The van der Waals surface area contributed by atoms with Gasteiger partial charge in [0.25, 0.3) is 5.91 Å². The molecule has 1 amide bonds. The number of aromatic nitrogens is 2. The lowest BCUT2D eigenvalue weighted by Gasteiger charge is -2.29. The first kappa shape index (κ1) is 20.4. The highest BCUT2D eigenvalue weighted by Crippen LogP contribution is 2.30. The van der Waals surface area contributed by atoms with Crippen LogP contribution in [0.5, 0.6) is 5.88 Å². The lowest BCUT2D eigenvalue weighted by atomic mass is 9.93. The fourth-order valence-corrected chi connectivity index (χ4v) is 3.96. The van der Waals surface area contributed by atoms with Crippen LogP contribution in [0.2, 0.25) is 0 Å². The summed E-state index contributed by atoms with van der Waals surface area (Å²) in [6, 6.07) is 7.55. The van der Waals surface area contributed by atoms with E-state index in [4.69, 9.17) is 9.26 Å². The van der Waals surface area contributed by atoms with Crippen molar-refractivity contribution in [1.29, 1.82) is 0 Å². The molecule has 0 aromatic carbocycles. The number of pyridine rings is 1. The minimum absolute atomic E-state index is 0.0280. The zero-order valence-electron chi connectivity index (χ0n) is 15.7. The molecule has 158 valence electrons. The summed E-state index contributed by atoms with van der Waals surface area (Å²) < 4.78 is 48.7. The zero-order chi connectivity index (χ0) is 21.1. The number of ether oxygens (including phenoxy) is 1. The number of rotatable bonds is 5. The number of thiophene rings is 1. The van der Waals surface area contributed by atoms with Gasteiger partial charge in [0.1, 0.15) is 6.10 Å². The van der Waals surface area contributed by atoms with Crippen molar-refractivity contribution in [2.75, 3.05) is 0 Å². The van der Waals surface area contributed by atoms with E-state index >= 15 is 0 Å². The summed E-state index contributed by atoms with van der Waals surface area (Å²) >= 11 is 1.50. The van der Waals surface area contributed by atoms with E-state index in [1.807, 2.05) is 17.5 Å². The predicted molar refractivity (Wildman–Crippen MR) is 103 cm³/mol. The second kappa shape index (κ2) is 8.47. The number of nitrogens with zero attached hydrogens (tertiary/aromatic N) is 2. The third-order valence-corrected chi connectivity index (χ3v) is 5.75. The second-order valence-corrected chi connectivity index (χ2v) is 7.95. The molecule has 6 nitrogen and oxygen atoms in total. The third kappa shape index (κ3) is 4.81. The molecule has 0 spiro atoms. The first-order valence-corrected chi connectivity index (χ1v) is 10.3. The van der Waals surface area contributed by atoms with Crippen LogP contribution in [0.3, 0.4) is 0 Å². The van der Waals surface area contributed by atoms with Gasteiger partial charge in [-0.3, -0.25) is 4.79 Å². The van der Waals surface area contributed by atoms with Crippen molar-refractivity contribution in [1.82, 2.24) is 15.5 Å². The van der Waals surface area contributed by atoms with Gasteiger partial charge in [-0.25, -0.2) is 4.98 Å². The minimum atomic E-state index is -4.42. The molecule has 1 saturated carbocycles. The number of halogens is 3. The molecule has 0 unspecified atom stereocenters. The zero-order valence-corrected chi connectivity index (χ0v) is 16.5. The van der Waals surface area contributed by atoms with Gasteiger partial charge < -0.3 is 14.6 Å². The van der Waals surface area contributed by atoms with E-state index in [1.54, 1.807) is 6.07 Å². The standard InChI is InChI=1S/C20H18F3N3O3S/c21-20(22,23)12-3-8-18(24-11-12)28-14-6-4-13(5-7-14)25-19(27)15-10-16(29-26-15)17-2-1-9-30-17/h1-3,8-11,13-14H,4-7H2,(H,25,27). The fraction of sp³-hybridized carbons (Fsp3) is 0.350. The van der Waals surface area contributed by atoms with Crippen LogP contribution in [-0.2, 0) is 6.18 Å². The van der Waals surface area contributed by atoms with Gasteiger partial charge in [0.2, 0.25) is 5.88 Å². The van der Waals surface area contributed by atoms with Gasteiger partial charge in [0.05, 0.1) is 10.4 Å². The van der Waals surface area contributed by atoms with Crippen LogP contribution < -0.4 is 10.1 Å². The Morgan fingerprint density at radius 1 is 1.20 bits per heavy atom. The van der Waals surface area contributed by atoms with Crippen LogP contribution in [0.25, 0.3) is 10.6 Å². The van der Waals surface area contributed by atoms with Gasteiger partial charge in [0, 0.05) is 24.4 Å². The molecule has 1 fully saturated rings. The monoisotopic (exact) mass is 437 g/mol. The van der Waals surface area contributed by atoms with Crippen molar-refractivity contribution in [3.63, 3.8) is 0 Å². The van der Waals surface area contributed by atoms with Gasteiger partial charge >= 0.3 is 6.18 Å². The summed E-state index contributed by atoms with van der Waals surface area (Å²) in [4.78, 5) is 17.1. The van der Waals surface area contributed by atoms with E-state index in [9.17, 15) is 18.0 Å². The highest BCUT2D eigenvalue weighted by molar-refractivity contribution is 7.13. The van der Waals surface area contributed by atoms with Crippen molar-refractivity contribution in [2.24, 2.45) is 0 Å². The minimum Gasteiger partial charge on any atom is -0.474 e. The molecule has 1 N–H and O–H groups in total. The van der Waals surface area contributed by atoms with Gasteiger partial charge in [-0.15, -0.1) is 11.3 Å². The van der Waals surface area contributed by atoms with E-state index < -0.39 is 11.7 Å². The van der Waals surface area contributed by atoms with Crippen LogP contribution in [0, 0.1) is 0 Å². The fourth-order valence-electron chi connectivity index (χ4n) is 3.29. The van der Waals surface area contributed by atoms with E-state index in [0.717, 1.165) is 17.1 Å². The molecule has 0 atom stereocenters. The van der Waals surface area contributed by atoms with Crippen LogP contribution in [0.15, 0.2) is 46.4 Å². The summed E-state index contributed by atoms with van der Waals surface area (Å²) in [5, 5.41) is 8.70. The Morgan fingerprint density at radius 2 is 2.00 bits per heavy atom. The summed E-state index contributed by atoms with van der Waals surface area (Å²) in [7, 11) is 0. The molecule has 0 aliphatic heterocycles. The van der Waals surface area contributed by atoms with Crippen molar-refractivity contribution >= 4 is 17.2 Å². The number of alkyl halides is 3. The maximum Gasteiger partial charge on any atom is 0.417 e. The summed E-state index contributed by atoms with van der Waals surface area (Å²) in [6.45, 7) is 0. The first-order chi connectivity index (χ1) is 14.4. The Hall–Kier alpha value is -2.88. The highest BCUT2D eigenvalue weighted by atomic mass is 32.1. The molecule has 0 saturated heterocycles. The number of hydrogen-bond donors (Lipinski definition) is 1. The molecule has 1 aliphatic carbocycles. The quantitative estimate of drug-likeness (QED) is 0.612. The Morgan fingerprint density at radius 3 is 2.63 bits per heavy atom. The molecular formula is C20H18F3N3O3S. The topological polar surface area (TPSA) is 77.2 Å². The summed E-state index contributed by atoms with van der Waals surface area (Å²) in [5.41, 5.74) is -0.581. The average molecular weight is 437 g/mol. The molecule has 3 heterocycles. The van der Waals surface area contributed by atoms with E-state index in [-0.39, 0.29) is 29.6 Å². The molecule has 3 aromatic heterocycles. The largest absolute Gasteiger partial charge is 0.474 e. The maximum atomic E-state index is 12.6. The molecule has 0 radical (unpaired) electrons. The maximum absolute atomic E-state index is 12.6. The lowest BCUT2D eigenvalue weighted by Crippen LogP contribution is -2.39. The Balaban J connectivity index is 1.26. The molecule has 30 heavy (non-hydrogen) atoms. The van der Waals surface area contributed by atoms with E-state index in [1.165, 1.54) is 17.4 Å². The Kier molecular flexibility index (Phi) is 5.76. The van der Waals surface area contributed by atoms with E-state index in [0.29, 0.717) is 31.4 Å². The number of carbonyl (C=O) groups is 1. The van der Waals surface area contributed by atoms with Crippen LogP contribution in [0.1, 0.15) is 41.7 Å². The lowest BCUT2D eigenvalue weighted by molar-refractivity contribution is -0.137. The first-order valence-electron chi connectivity index (χ1n) is 9.40. The normalized spacial score (nSPS) is 19.4. The van der Waals surface area contributed by atoms with Gasteiger partial charge in [-0.1, -0.05) is 11.2 Å². The molecule has 0 bridgehead atoms. The highest BCUT2D eigenvalue weighted by Gasteiger charge is 2.31. The molecule has 3 aromatic rings. The average Bonchev–Trinajstić information content (AvgIpc) is 3.41. The van der Waals surface area contributed by atoms with Gasteiger partial charge in [-0.05, 0) is 43.2 Å². The number of carbonyl (C=O) groups excluding carboxylic acids is 1. The summed E-state index contributed by atoms with van der Waals surface area (Å²) in [5.74, 6) is 0.422. The van der Waals surface area contributed by atoms with Gasteiger partial charge in [0.15, 0.2) is 11.5 Å². The number of amides is 1. The van der Waals surface area contributed by atoms with Crippen molar-refractivity contribution < 1.29 is 27.2 Å². The molecule has 4 rings (SSSR count). The van der Waals surface area contributed by atoms with Gasteiger partial charge in [-0.2, -0.15) is 13.2 Å². The van der Waals surface area contributed by atoms with Crippen molar-refractivity contribution in [3.8, 4) is 16.5 Å². The molecule has 10 heteroatoms. The van der Waals surface area contributed by atoms with Crippen molar-refractivity contribution in [3.05, 3.63) is 53.2 Å².